The second kappa shape index (κ2) is 5.00. The van der Waals surface area contributed by atoms with E-state index >= 15 is 0 Å². The molecule has 2 unspecified atom stereocenters. The van der Waals surface area contributed by atoms with Crippen LogP contribution in [0.25, 0.3) is 0 Å². The molecular formula is C13H20N2O2. The molecule has 0 amide bonds. The van der Waals surface area contributed by atoms with Crippen LogP contribution in [0.3, 0.4) is 0 Å². The minimum absolute atomic E-state index is 0.0745. The first-order valence-electron chi connectivity index (χ1n) is 6.27. The average molecular weight is 236 g/mol. The first-order valence-corrected chi connectivity index (χ1v) is 6.27. The van der Waals surface area contributed by atoms with Crippen LogP contribution >= 0.6 is 0 Å². The Morgan fingerprint density at radius 1 is 1.65 bits per heavy atom. The lowest BCUT2D eigenvalue weighted by Gasteiger charge is -2.07. The summed E-state index contributed by atoms with van der Waals surface area (Å²) < 4.78 is 7.35. The highest BCUT2D eigenvalue weighted by molar-refractivity contribution is 5.83. The van der Waals surface area contributed by atoms with E-state index in [-0.39, 0.29) is 17.8 Å². The molecule has 4 heteroatoms. The molecule has 1 aromatic heterocycles. The van der Waals surface area contributed by atoms with Crippen molar-refractivity contribution < 1.29 is 9.53 Å². The second-order valence-corrected chi connectivity index (χ2v) is 4.81. The third kappa shape index (κ3) is 2.75. The van der Waals surface area contributed by atoms with Gasteiger partial charge in [0.05, 0.1) is 18.4 Å². The van der Waals surface area contributed by atoms with Crippen LogP contribution in [0.2, 0.25) is 0 Å². The zero-order valence-electron chi connectivity index (χ0n) is 10.8. The number of rotatable bonds is 4. The van der Waals surface area contributed by atoms with Crippen LogP contribution in [0.1, 0.15) is 31.7 Å². The molecule has 2 atom stereocenters. The van der Waals surface area contributed by atoms with Gasteiger partial charge in [0, 0.05) is 24.6 Å². The first-order chi connectivity index (χ1) is 8.10. The number of aromatic nitrogens is 2. The number of Topliss-reactive ketones (excluding diaryl/α,β-unsaturated/α-hetero) is 1. The van der Waals surface area contributed by atoms with Gasteiger partial charge in [0.2, 0.25) is 0 Å². The number of hydrogen-bond acceptors (Lipinski definition) is 3. The molecule has 0 aliphatic carbocycles. The monoisotopic (exact) mass is 236 g/mol. The summed E-state index contributed by atoms with van der Waals surface area (Å²) in [5.74, 6) is 0.356. The van der Waals surface area contributed by atoms with Crippen LogP contribution in [0.15, 0.2) is 6.07 Å². The fourth-order valence-corrected chi connectivity index (χ4v) is 2.38. The van der Waals surface area contributed by atoms with Gasteiger partial charge in [0.25, 0.3) is 0 Å². The maximum Gasteiger partial charge on any atom is 0.144 e. The van der Waals surface area contributed by atoms with Gasteiger partial charge in [-0.25, -0.2) is 0 Å². The lowest BCUT2D eigenvalue weighted by Crippen LogP contribution is -2.19. The zero-order chi connectivity index (χ0) is 12.4. The molecule has 0 aromatic carbocycles. The molecule has 0 bridgehead atoms. The van der Waals surface area contributed by atoms with Gasteiger partial charge in [-0.1, -0.05) is 0 Å². The quantitative estimate of drug-likeness (QED) is 0.800. The van der Waals surface area contributed by atoms with Gasteiger partial charge in [-0.15, -0.1) is 0 Å². The summed E-state index contributed by atoms with van der Waals surface area (Å²) in [6.45, 7) is 7.42. The Morgan fingerprint density at radius 3 is 3.00 bits per heavy atom. The topological polar surface area (TPSA) is 44.1 Å². The summed E-state index contributed by atoms with van der Waals surface area (Å²) in [6, 6.07) is 2.00. The van der Waals surface area contributed by atoms with E-state index in [0.717, 1.165) is 24.4 Å². The van der Waals surface area contributed by atoms with E-state index in [9.17, 15) is 4.79 Å². The van der Waals surface area contributed by atoms with E-state index in [4.69, 9.17) is 4.74 Å². The molecule has 0 N–H and O–H groups in total. The van der Waals surface area contributed by atoms with Crippen molar-refractivity contribution in [2.75, 3.05) is 6.61 Å². The Morgan fingerprint density at radius 2 is 2.41 bits per heavy atom. The van der Waals surface area contributed by atoms with Crippen molar-refractivity contribution in [3.8, 4) is 0 Å². The number of carbonyl (C=O) groups excluding carboxylic acids is 1. The van der Waals surface area contributed by atoms with E-state index in [1.807, 2.05) is 31.5 Å². The van der Waals surface area contributed by atoms with E-state index in [1.165, 1.54) is 0 Å². The van der Waals surface area contributed by atoms with Crippen molar-refractivity contribution in [3.05, 3.63) is 17.5 Å². The summed E-state index contributed by atoms with van der Waals surface area (Å²) in [7, 11) is 0. The molecule has 1 fully saturated rings. The van der Waals surface area contributed by atoms with Crippen molar-refractivity contribution in [1.29, 1.82) is 0 Å². The fraction of sp³-hybridized carbons (Fsp3) is 0.692. The second-order valence-electron chi connectivity index (χ2n) is 4.81. The molecule has 0 radical (unpaired) electrons. The van der Waals surface area contributed by atoms with Gasteiger partial charge < -0.3 is 4.74 Å². The van der Waals surface area contributed by atoms with E-state index in [1.54, 1.807) is 0 Å². The molecule has 2 heterocycles. The molecule has 4 nitrogen and oxygen atoms in total. The number of aryl methyl sites for hydroxylation is 2. The van der Waals surface area contributed by atoms with E-state index in [2.05, 4.69) is 5.10 Å². The molecule has 2 rings (SSSR count). The minimum atomic E-state index is 0.0745. The molecule has 0 spiro atoms. The standard InChI is InChI=1S/C13H20N2O2/c1-4-15-12(5-9(2)14-15)7-13(16)11-6-10(3)17-8-11/h5,10-11H,4,6-8H2,1-3H3. The van der Waals surface area contributed by atoms with Crippen LogP contribution in [0.4, 0.5) is 0 Å². The zero-order valence-corrected chi connectivity index (χ0v) is 10.8. The van der Waals surface area contributed by atoms with E-state index in [0.29, 0.717) is 13.0 Å². The first kappa shape index (κ1) is 12.3. The Bertz CT molecular complexity index is 412. The smallest absolute Gasteiger partial charge is 0.144 e. The molecular weight excluding hydrogens is 216 g/mol. The molecule has 94 valence electrons. The van der Waals surface area contributed by atoms with Crippen molar-refractivity contribution >= 4 is 5.78 Å². The highest BCUT2D eigenvalue weighted by Crippen LogP contribution is 2.21. The Labute approximate surface area is 102 Å². The summed E-state index contributed by atoms with van der Waals surface area (Å²) >= 11 is 0. The molecule has 17 heavy (non-hydrogen) atoms. The third-order valence-electron chi connectivity index (χ3n) is 3.29. The van der Waals surface area contributed by atoms with Gasteiger partial charge >= 0.3 is 0 Å². The van der Waals surface area contributed by atoms with Crippen LogP contribution in [0, 0.1) is 12.8 Å². The van der Waals surface area contributed by atoms with Crippen molar-refractivity contribution in [1.82, 2.24) is 9.78 Å². The van der Waals surface area contributed by atoms with Gasteiger partial charge in [-0.2, -0.15) is 5.10 Å². The molecule has 0 saturated carbocycles. The van der Waals surface area contributed by atoms with Crippen molar-refractivity contribution in [2.24, 2.45) is 5.92 Å². The van der Waals surface area contributed by atoms with Crippen molar-refractivity contribution in [3.63, 3.8) is 0 Å². The van der Waals surface area contributed by atoms with Crippen LogP contribution in [-0.4, -0.2) is 28.3 Å². The van der Waals surface area contributed by atoms with Gasteiger partial charge in [-0.3, -0.25) is 9.48 Å². The maximum atomic E-state index is 12.1. The largest absolute Gasteiger partial charge is 0.378 e. The number of nitrogens with zero attached hydrogens (tertiary/aromatic N) is 2. The lowest BCUT2D eigenvalue weighted by molar-refractivity contribution is -0.122. The number of carbonyl (C=O) groups is 1. The highest BCUT2D eigenvalue weighted by Gasteiger charge is 2.28. The van der Waals surface area contributed by atoms with Crippen LogP contribution in [-0.2, 0) is 22.5 Å². The molecule has 1 aliphatic heterocycles. The minimum Gasteiger partial charge on any atom is -0.378 e. The predicted octanol–water partition coefficient (Wildman–Crippen LogP) is 1.75. The summed E-state index contributed by atoms with van der Waals surface area (Å²) in [5, 5.41) is 4.36. The molecule has 1 aromatic rings. The van der Waals surface area contributed by atoms with Crippen LogP contribution < -0.4 is 0 Å². The van der Waals surface area contributed by atoms with Gasteiger partial charge in [-0.05, 0) is 33.3 Å². The van der Waals surface area contributed by atoms with Gasteiger partial charge in [0.15, 0.2) is 0 Å². The van der Waals surface area contributed by atoms with Crippen LogP contribution in [0.5, 0.6) is 0 Å². The fourth-order valence-electron chi connectivity index (χ4n) is 2.38. The molecule has 1 saturated heterocycles. The highest BCUT2D eigenvalue weighted by atomic mass is 16.5. The lowest BCUT2D eigenvalue weighted by atomic mass is 9.97. The Hall–Kier alpha value is -1.16. The maximum absolute atomic E-state index is 12.1. The van der Waals surface area contributed by atoms with Crippen molar-refractivity contribution in [2.45, 2.75) is 46.3 Å². The number of ether oxygens (including phenoxy) is 1. The molecule has 1 aliphatic rings. The average Bonchev–Trinajstić information content (AvgIpc) is 2.85. The van der Waals surface area contributed by atoms with Gasteiger partial charge in [0.1, 0.15) is 5.78 Å². The summed E-state index contributed by atoms with van der Waals surface area (Å²) in [6.07, 6.45) is 1.56. The number of hydrogen-bond donors (Lipinski definition) is 0. The third-order valence-corrected chi connectivity index (χ3v) is 3.29. The Kier molecular flexibility index (Phi) is 3.62. The summed E-state index contributed by atoms with van der Waals surface area (Å²) in [5.41, 5.74) is 2.00. The number of ketones is 1. The SMILES string of the molecule is CCn1nc(C)cc1CC(=O)C1COC(C)C1. The summed E-state index contributed by atoms with van der Waals surface area (Å²) in [4.78, 5) is 12.1. The predicted molar refractivity (Wildman–Crippen MR) is 64.9 cm³/mol. The normalized spacial score (nSPS) is 24.2. The van der Waals surface area contributed by atoms with E-state index < -0.39 is 0 Å². The Balaban J connectivity index is 2.02.